The Labute approximate surface area is 105 Å². The molecule has 2 unspecified atom stereocenters. The van der Waals surface area contributed by atoms with Crippen LogP contribution in [0.25, 0.3) is 0 Å². The third-order valence-corrected chi connectivity index (χ3v) is 4.74. The predicted molar refractivity (Wildman–Crippen MR) is 69.8 cm³/mol. The molecule has 1 saturated carbocycles. The smallest absolute Gasteiger partial charge is 0.242 e. The largest absolute Gasteiger partial charge is 0.341 e. The van der Waals surface area contributed by atoms with Crippen molar-refractivity contribution in [1.82, 2.24) is 10.2 Å². The van der Waals surface area contributed by atoms with Gasteiger partial charge in [-0.15, -0.1) is 0 Å². The summed E-state index contributed by atoms with van der Waals surface area (Å²) in [7, 11) is 1.87. The van der Waals surface area contributed by atoms with Crippen molar-refractivity contribution in [2.24, 2.45) is 11.8 Å². The second-order valence-corrected chi connectivity index (χ2v) is 6.22. The molecule has 1 heterocycles. The van der Waals surface area contributed by atoms with E-state index in [4.69, 9.17) is 0 Å². The standard InChI is InChI=1S/C14H26N2O/c1-14(2,15-3)13(17)16-9-8-11-6-4-5-7-12(11)10-16/h11-12,15H,4-10H2,1-3H3. The normalized spacial score (nSPS) is 29.9. The molecule has 1 aliphatic carbocycles. The zero-order valence-electron chi connectivity index (χ0n) is 11.5. The van der Waals surface area contributed by atoms with Crippen LogP contribution in [0.5, 0.6) is 0 Å². The highest BCUT2D eigenvalue weighted by Gasteiger charge is 2.37. The Kier molecular flexibility index (Phi) is 3.76. The van der Waals surface area contributed by atoms with Crippen molar-refractivity contribution < 1.29 is 4.79 Å². The average molecular weight is 238 g/mol. The summed E-state index contributed by atoms with van der Waals surface area (Å²) in [5.74, 6) is 1.93. The minimum Gasteiger partial charge on any atom is -0.341 e. The van der Waals surface area contributed by atoms with Gasteiger partial charge < -0.3 is 10.2 Å². The molecule has 1 amide bonds. The van der Waals surface area contributed by atoms with Crippen molar-refractivity contribution in [2.75, 3.05) is 20.1 Å². The Morgan fingerprint density at radius 2 is 1.82 bits per heavy atom. The van der Waals surface area contributed by atoms with Gasteiger partial charge in [-0.3, -0.25) is 4.79 Å². The predicted octanol–water partition coefficient (Wildman–Crippen LogP) is 2.02. The number of carbonyl (C=O) groups is 1. The molecule has 0 spiro atoms. The van der Waals surface area contributed by atoms with E-state index in [1.165, 1.54) is 32.1 Å². The molecule has 0 bridgehead atoms. The van der Waals surface area contributed by atoms with Gasteiger partial charge in [0.15, 0.2) is 0 Å². The summed E-state index contributed by atoms with van der Waals surface area (Å²) in [6, 6.07) is 0. The molecule has 2 aliphatic rings. The highest BCUT2D eigenvalue weighted by molar-refractivity contribution is 5.85. The molecule has 0 radical (unpaired) electrons. The topological polar surface area (TPSA) is 32.3 Å². The van der Waals surface area contributed by atoms with Crippen molar-refractivity contribution >= 4 is 5.91 Å². The van der Waals surface area contributed by atoms with Crippen LogP contribution < -0.4 is 5.32 Å². The number of nitrogens with one attached hydrogen (secondary N) is 1. The number of piperidine rings is 1. The lowest BCUT2D eigenvalue weighted by Gasteiger charge is -2.43. The summed E-state index contributed by atoms with van der Waals surface area (Å²) in [5.41, 5.74) is -0.415. The quantitative estimate of drug-likeness (QED) is 0.798. The molecule has 17 heavy (non-hydrogen) atoms. The van der Waals surface area contributed by atoms with Crippen LogP contribution in [0.4, 0.5) is 0 Å². The minimum absolute atomic E-state index is 0.268. The number of likely N-dealkylation sites (tertiary alicyclic amines) is 1. The first-order valence-corrected chi connectivity index (χ1v) is 7.03. The van der Waals surface area contributed by atoms with Crippen LogP contribution in [-0.4, -0.2) is 36.5 Å². The average Bonchev–Trinajstić information content (AvgIpc) is 2.37. The number of rotatable bonds is 2. The van der Waals surface area contributed by atoms with E-state index in [1.54, 1.807) is 0 Å². The van der Waals surface area contributed by atoms with Gasteiger partial charge in [-0.2, -0.15) is 0 Å². The molecule has 1 N–H and O–H groups in total. The lowest BCUT2D eigenvalue weighted by atomic mass is 9.75. The maximum absolute atomic E-state index is 12.4. The summed E-state index contributed by atoms with van der Waals surface area (Å²) in [5, 5.41) is 3.12. The van der Waals surface area contributed by atoms with E-state index >= 15 is 0 Å². The van der Waals surface area contributed by atoms with E-state index in [9.17, 15) is 4.79 Å². The fourth-order valence-corrected chi connectivity index (χ4v) is 3.29. The van der Waals surface area contributed by atoms with Crippen LogP contribution in [0, 0.1) is 11.8 Å². The minimum atomic E-state index is -0.415. The molecular formula is C14H26N2O. The molecule has 1 saturated heterocycles. The van der Waals surface area contributed by atoms with Crippen molar-refractivity contribution in [3.63, 3.8) is 0 Å². The number of carbonyl (C=O) groups excluding carboxylic acids is 1. The summed E-state index contributed by atoms with van der Waals surface area (Å²) in [6.45, 7) is 5.91. The van der Waals surface area contributed by atoms with Crippen LogP contribution in [0.2, 0.25) is 0 Å². The number of likely N-dealkylation sites (N-methyl/N-ethyl adjacent to an activating group) is 1. The zero-order valence-corrected chi connectivity index (χ0v) is 11.5. The van der Waals surface area contributed by atoms with Gasteiger partial charge in [0.1, 0.15) is 0 Å². The number of fused-ring (bicyclic) bond motifs is 1. The molecule has 2 fully saturated rings. The molecule has 3 heteroatoms. The highest BCUT2D eigenvalue weighted by atomic mass is 16.2. The third kappa shape index (κ3) is 2.65. The molecule has 0 aromatic heterocycles. The van der Waals surface area contributed by atoms with Crippen molar-refractivity contribution in [2.45, 2.75) is 51.5 Å². The fraction of sp³-hybridized carbons (Fsp3) is 0.929. The number of nitrogens with zero attached hydrogens (tertiary/aromatic N) is 1. The Morgan fingerprint density at radius 3 is 2.47 bits per heavy atom. The van der Waals surface area contributed by atoms with Gasteiger partial charge in [0, 0.05) is 13.1 Å². The number of hydrogen-bond donors (Lipinski definition) is 1. The van der Waals surface area contributed by atoms with Crippen LogP contribution >= 0.6 is 0 Å². The van der Waals surface area contributed by atoms with Gasteiger partial charge in [0.05, 0.1) is 5.54 Å². The Hall–Kier alpha value is -0.570. The molecule has 1 aliphatic heterocycles. The molecule has 0 aromatic rings. The first kappa shape index (κ1) is 12.9. The zero-order chi connectivity index (χ0) is 12.5. The Balaban J connectivity index is 1.98. The number of hydrogen-bond acceptors (Lipinski definition) is 2. The monoisotopic (exact) mass is 238 g/mol. The van der Waals surface area contributed by atoms with E-state index in [0.29, 0.717) is 0 Å². The van der Waals surface area contributed by atoms with Gasteiger partial charge in [0.2, 0.25) is 5.91 Å². The second kappa shape index (κ2) is 4.97. The molecular weight excluding hydrogens is 212 g/mol. The van der Waals surface area contributed by atoms with Crippen LogP contribution in [-0.2, 0) is 4.79 Å². The van der Waals surface area contributed by atoms with Crippen molar-refractivity contribution in [3.05, 3.63) is 0 Å². The molecule has 98 valence electrons. The van der Waals surface area contributed by atoms with Crippen LogP contribution in [0.15, 0.2) is 0 Å². The molecule has 0 aromatic carbocycles. The van der Waals surface area contributed by atoms with Gasteiger partial charge in [0.25, 0.3) is 0 Å². The van der Waals surface area contributed by atoms with Gasteiger partial charge in [-0.1, -0.05) is 19.3 Å². The fourth-order valence-electron chi connectivity index (χ4n) is 3.29. The first-order valence-electron chi connectivity index (χ1n) is 7.03. The SMILES string of the molecule is CNC(C)(C)C(=O)N1CCC2CCCCC2C1. The summed E-state index contributed by atoms with van der Waals surface area (Å²) in [6.07, 6.45) is 6.70. The molecule has 2 atom stereocenters. The van der Waals surface area contributed by atoms with Crippen LogP contribution in [0.1, 0.15) is 46.0 Å². The van der Waals surface area contributed by atoms with Gasteiger partial charge in [-0.25, -0.2) is 0 Å². The lowest BCUT2D eigenvalue weighted by molar-refractivity contribution is -0.140. The molecule has 2 rings (SSSR count). The van der Waals surface area contributed by atoms with E-state index in [1.807, 2.05) is 20.9 Å². The highest BCUT2D eigenvalue weighted by Crippen LogP contribution is 2.36. The van der Waals surface area contributed by atoms with Crippen molar-refractivity contribution in [1.29, 1.82) is 0 Å². The van der Waals surface area contributed by atoms with E-state index < -0.39 is 5.54 Å². The molecule has 3 nitrogen and oxygen atoms in total. The summed E-state index contributed by atoms with van der Waals surface area (Å²) < 4.78 is 0. The maximum atomic E-state index is 12.4. The summed E-state index contributed by atoms with van der Waals surface area (Å²) >= 11 is 0. The maximum Gasteiger partial charge on any atom is 0.242 e. The second-order valence-electron chi connectivity index (χ2n) is 6.22. The Bertz CT molecular complexity index is 288. The van der Waals surface area contributed by atoms with Crippen LogP contribution in [0.3, 0.4) is 0 Å². The third-order valence-electron chi connectivity index (χ3n) is 4.74. The van der Waals surface area contributed by atoms with Crippen molar-refractivity contribution in [3.8, 4) is 0 Å². The number of amides is 1. The van der Waals surface area contributed by atoms with E-state index in [0.717, 1.165) is 24.9 Å². The lowest BCUT2D eigenvalue weighted by Crippen LogP contribution is -2.56. The van der Waals surface area contributed by atoms with Gasteiger partial charge in [-0.05, 0) is 45.6 Å². The van der Waals surface area contributed by atoms with E-state index in [2.05, 4.69) is 10.2 Å². The Morgan fingerprint density at radius 1 is 1.18 bits per heavy atom. The van der Waals surface area contributed by atoms with Gasteiger partial charge >= 0.3 is 0 Å². The first-order chi connectivity index (χ1) is 8.04. The summed E-state index contributed by atoms with van der Waals surface area (Å²) in [4.78, 5) is 14.5. The van der Waals surface area contributed by atoms with E-state index in [-0.39, 0.29) is 5.91 Å².